The van der Waals surface area contributed by atoms with Crippen LogP contribution < -0.4 is 0 Å². The summed E-state index contributed by atoms with van der Waals surface area (Å²) in [7, 11) is 3.14. The average molecular weight is 229 g/mol. The maximum absolute atomic E-state index is 11.7. The van der Waals surface area contributed by atoms with Crippen LogP contribution in [0.3, 0.4) is 0 Å². The second-order valence-electron chi connectivity index (χ2n) is 4.23. The summed E-state index contributed by atoms with van der Waals surface area (Å²) in [6.45, 7) is 4.92. The van der Waals surface area contributed by atoms with Gasteiger partial charge in [-0.3, -0.25) is 14.4 Å². The number of ether oxygens (including phenoxy) is 1. The second-order valence-corrected chi connectivity index (χ2v) is 4.23. The van der Waals surface area contributed by atoms with Gasteiger partial charge in [-0.25, -0.2) is 0 Å². The molecule has 92 valence electrons. The van der Waals surface area contributed by atoms with Gasteiger partial charge in [0.25, 0.3) is 0 Å². The first-order chi connectivity index (χ1) is 7.23. The van der Waals surface area contributed by atoms with Gasteiger partial charge in [0.05, 0.1) is 6.61 Å². The van der Waals surface area contributed by atoms with Crippen molar-refractivity contribution in [1.29, 1.82) is 0 Å². The van der Waals surface area contributed by atoms with Gasteiger partial charge in [0.15, 0.2) is 5.78 Å². The monoisotopic (exact) mass is 229 g/mol. The van der Waals surface area contributed by atoms with Crippen LogP contribution in [0, 0.1) is 5.41 Å². The van der Waals surface area contributed by atoms with Crippen LogP contribution in [0.5, 0.6) is 0 Å². The van der Waals surface area contributed by atoms with Crippen LogP contribution >= 0.6 is 0 Å². The fourth-order valence-electron chi connectivity index (χ4n) is 1.24. The number of nitrogens with zero attached hydrogens (tertiary/aromatic N) is 1. The highest BCUT2D eigenvalue weighted by Crippen LogP contribution is 2.21. The molecule has 0 aromatic heterocycles. The van der Waals surface area contributed by atoms with E-state index in [2.05, 4.69) is 4.74 Å². The first-order valence-electron chi connectivity index (χ1n) is 5.14. The molecule has 1 amide bonds. The summed E-state index contributed by atoms with van der Waals surface area (Å²) in [5, 5.41) is 0. The largest absolute Gasteiger partial charge is 0.466 e. The molecule has 0 radical (unpaired) electrons. The average Bonchev–Trinajstić information content (AvgIpc) is 2.16. The van der Waals surface area contributed by atoms with Crippen molar-refractivity contribution in [1.82, 2.24) is 4.90 Å². The minimum Gasteiger partial charge on any atom is -0.466 e. The highest BCUT2D eigenvalue weighted by atomic mass is 16.5. The van der Waals surface area contributed by atoms with Crippen molar-refractivity contribution >= 4 is 17.7 Å². The van der Waals surface area contributed by atoms with Crippen molar-refractivity contribution < 1.29 is 19.1 Å². The molecule has 0 N–H and O–H groups in total. The fraction of sp³-hybridized carbons (Fsp3) is 0.727. The van der Waals surface area contributed by atoms with E-state index in [9.17, 15) is 14.4 Å². The van der Waals surface area contributed by atoms with Gasteiger partial charge < -0.3 is 9.64 Å². The van der Waals surface area contributed by atoms with Crippen LogP contribution in [0.15, 0.2) is 0 Å². The highest BCUT2D eigenvalue weighted by Gasteiger charge is 2.37. The Morgan fingerprint density at radius 1 is 1.19 bits per heavy atom. The van der Waals surface area contributed by atoms with Crippen molar-refractivity contribution in [3.63, 3.8) is 0 Å². The SMILES string of the molecule is CCOC(=O)CC(=O)C(C)(C)C(=O)N(C)C. The summed E-state index contributed by atoms with van der Waals surface area (Å²) in [5.74, 6) is -1.33. The highest BCUT2D eigenvalue weighted by molar-refractivity contribution is 6.10. The predicted molar refractivity (Wildman–Crippen MR) is 58.7 cm³/mol. The van der Waals surface area contributed by atoms with Gasteiger partial charge in [0.2, 0.25) is 5.91 Å². The molecule has 0 unspecified atom stereocenters. The van der Waals surface area contributed by atoms with E-state index in [-0.39, 0.29) is 18.9 Å². The number of carbonyl (C=O) groups is 3. The Balaban J connectivity index is 4.59. The molecule has 0 atom stereocenters. The molecule has 0 heterocycles. The molecular weight excluding hydrogens is 210 g/mol. The lowest BCUT2D eigenvalue weighted by Gasteiger charge is -2.25. The molecule has 5 heteroatoms. The lowest BCUT2D eigenvalue weighted by molar-refractivity contribution is -0.151. The molecule has 0 aromatic rings. The topological polar surface area (TPSA) is 63.7 Å². The summed E-state index contributed by atoms with van der Waals surface area (Å²) in [6.07, 6.45) is -0.361. The number of carbonyl (C=O) groups excluding carboxylic acids is 3. The number of amides is 1. The first kappa shape index (κ1) is 14.6. The molecule has 0 bridgehead atoms. The zero-order chi connectivity index (χ0) is 12.9. The maximum Gasteiger partial charge on any atom is 0.313 e. The van der Waals surface area contributed by atoms with E-state index in [1.807, 2.05) is 0 Å². The third kappa shape index (κ3) is 3.64. The summed E-state index contributed by atoms with van der Waals surface area (Å²) >= 11 is 0. The molecule has 0 aliphatic rings. The van der Waals surface area contributed by atoms with E-state index >= 15 is 0 Å². The van der Waals surface area contributed by atoms with E-state index < -0.39 is 17.2 Å². The molecular formula is C11H19NO4. The number of Topliss-reactive ketones (excluding diaryl/α,β-unsaturated/α-hetero) is 1. The van der Waals surface area contributed by atoms with Crippen molar-refractivity contribution in [2.75, 3.05) is 20.7 Å². The van der Waals surface area contributed by atoms with Gasteiger partial charge in [0.1, 0.15) is 11.8 Å². The van der Waals surface area contributed by atoms with E-state index in [1.54, 1.807) is 21.0 Å². The van der Waals surface area contributed by atoms with E-state index in [1.165, 1.54) is 18.7 Å². The minimum absolute atomic E-state index is 0.230. The predicted octanol–water partition coefficient (Wildman–Crippen LogP) is 0.623. The lowest BCUT2D eigenvalue weighted by Crippen LogP contribution is -2.42. The standard InChI is InChI=1S/C11H19NO4/c1-6-16-9(14)7-8(13)11(2,3)10(15)12(4)5/h6-7H2,1-5H3. The van der Waals surface area contributed by atoms with Crippen molar-refractivity contribution in [2.45, 2.75) is 27.2 Å². The zero-order valence-electron chi connectivity index (χ0n) is 10.5. The molecule has 0 spiro atoms. The molecule has 0 saturated heterocycles. The van der Waals surface area contributed by atoms with Crippen LogP contribution in [-0.2, 0) is 19.1 Å². The minimum atomic E-state index is -1.18. The third-order valence-electron chi connectivity index (χ3n) is 2.25. The van der Waals surface area contributed by atoms with Crippen molar-refractivity contribution in [3.8, 4) is 0 Å². The van der Waals surface area contributed by atoms with Crippen LogP contribution in [0.25, 0.3) is 0 Å². The molecule has 5 nitrogen and oxygen atoms in total. The molecule has 16 heavy (non-hydrogen) atoms. The van der Waals surface area contributed by atoms with Crippen molar-refractivity contribution in [2.24, 2.45) is 5.41 Å². The zero-order valence-corrected chi connectivity index (χ0v) is 10.5. The Kier molecular flexibility index (Phi) is 5.14. The van der Waals surface area contributed by atoms with Gasteiger partial charge in [0, 0.05) is 14.1 Å². The lowest BCUT2D eigenvalue weighted by atomic mass is 9.85. The third-order valence-corrected chi connectivity index (χ3v) is 2.25. The van der Waals surface area contributed by atoms with Gasteiger partial charge in [-0.05, 0) is 20.8 Å². The first-order valence-corrected chi connectivity index (χ1v) is 5.14. The molecule has 0 aliphatic carbocycles. The van der Waals surface area contributed by atoms with Gasteiger partial charge in [-0.1, -0.05) is 0 Å². The molecule has 0 aromatic carbocycles. The Hall–Kier alpha value is -1.39. The van der Waals surface area contributed by atoms with E-state index in [0.717, 1.165) is 0 Å². The normalized spacial score (nSPS) is 10.8. The van der Waals surface area contributed by atoms with Crippen LogP contribution in [0.2, 0.25) is 0 Å². The van der Waals surface area contributed by atoms with Crippen LogP contribution in [0.1, 0.15) is 27.2 Å². The number of rotatable bonds is 5. The number of hydrogen-bond donors (Lipinski definition) is 0. The second kappa shape index (κ2) is 5.63. The summed E-state index contributed by atoms with van der Waals surface area (Å²) in [6, 6.07) is 0. The number of ketones is 1. The van der Waals surface area contributed by atoms with E-state index in [4.69, 9.17) is 0 Å². The molecule has 0 saturated carbocycles. The van der Waals surface area contributed by atoms with Gasteiger partial charge >= 0.3 is 5.97 Å². The van der Waals surface area contributed by atoms with Crippen LogP contribution in [0.4, 0.5) is 0 Å². The molecule has 0 aliphatic heterocycles. The van der Waals surface area contributed by atoms with Crippen LogP contribution in [-0.4, -0.2) is 43.3 Å². The van der Waals surface area contributed by atoms with Gasteiger partial charge in [-0.2, -0.15) is 0 Å². The smallest absolute Gasteiger partial charge is 0.313 e. The summed E-state index contributed by atoms with van der Waals surface area (Å²) < 4.78 is 4.66. The summed E-state index contributed by atoms with van der Waals surface area (Å²) in [5.41, 5.74) is -1.18. The van der Waals surface area contributed by atoms with Gasteiger partial charge in [-0.15, -0.1) is 0 Å². The Bertz CT molecular complexity index is 294. The number of esters is 1. The molecule has 0 fully saturated rings. The Morgan fingerprint density at radius 2 is 1.69 bits per heavy atom. The van der Waals surface area contributed by atoms with E-state index in [0.29, 0.717) is 0 Å². The maximum atomic E-state index is 11.7. The van der Waals surface area contributed by atoms with Crippen molar-refractivity contribution in [3.05, 3.63) is 0 Å². The Labute approximate surface area is 95.7 Å². The fourth-order valence-corrected chi connectivity index (χ4v) is 1.24. The quantitative estimate of drug-likeness (QED) is 0.512. The number of hydrogen-bond acceptors (Lipinski definition) is 4. The summed E-state index contributed by atoms with van der Waals surface area (Å²) in [4.78, 5) is 35.9. The Morgan fingerprint density at radius 3 is 2.06 bits per heavy atom. The molecule has 0 rings (SSSR count).